The average Bonchev–Trinajstić information content (AvgIpc) is 3.45. The van der Waals surface area contributed by atoms with Crippen LogP contribution in [0.1, 0.15) is 140 Å². The maximum absolute atomic E-state index is 14.4. The van der Waals surface area contributed by atoms with Crippen molar-refractivity contribution in [3.05, 3.63) is 0 Å². The van der Waals surface area contributed by atoms with Gasteiger partial charge in [-0.25, -0.2) is 9.59 Å². The summed E-state index contributed by atoms with van der Waals surface area (Å²) in [6.45, 7) is 19.6. The van der Waals surface area contributed by atoms with E-state index in [9.17, 15) is 39.0 Å². The van der Waals surface area contributed by atoms with E-state index in [0.29, 0.717) is 38.5 Å². The van der Waals surface area contributed by atoms with Crippen LogP contribution in [-0.4, -0.2) is 91.9 Å². The van der Waals surface area contributed by atoms with E-state index in [1.165, 1.54) is 0 Å². The van der Waals surface area contributed by atoms with Crippen LogP contribution in [0.2, 0.25) is 0 Å². The minimum absolute atomic E-state index is 0.0801. The van der Waals surface area contributed by atoms with E-state index in [0.717, 1.165) is 9.80 Å². The van der Waals surface area contributed by atoms with Gasteiger partial charge in [0.05, 0.1) is 0 Å². The molecule has 0 aliphatic carbocycles. The Hall–Kier alpha value is -3.26. The van der Waals surface area contributed by atoms with Crippen LogP contribution in [0.25, 0.3) is 0 Å². The fourth-order valence-corrected chi connectivity index (χ4v) is 9.95. The lowest BCUT2D eigenvalue weighted by molar-refractivity contribution is -0.321. The standard InChI is InChI=1S/C38H64N6O8/c1-11-32(7)22-37(24(5)34(9,13-3)41-32)27(47)43(30(51)39-37)20-18-36(29(49)50,17-15-16-26(45)46)19-21-44-28(48)38(40-31(44)52)23-33(8,12-2)42-35(10,14-4)25(38)6/h24-25,41-42H,11-23H2,1-10H3,(H,39,51)(H,40,52)(H,45,46)(H,49,50)/p-2. The fraction of sp³-hybridized carbons (Fsp3) is 0.842. The highest BCUT2D eigenvalue weighted by Crippen LogP contribution is 2.48. The number of rotatable bonds is 15. The monoisotopic (exact) mass is 730 g/mol. The third-order valence-corrected chi connectivity index (χ3v) is 14.4. The first-order chi connectivity index (χ1) is 24.0. The van der Waals surface area contributed by atoms with Crippen molar-refractivity contribution in [2.45, 2.75) is 173 Å². The number of amides is 6. The highest BCUT2D eigenvalue weighted by Gasteiger charge is 2.65. The van der Waals surface area contributed by atoms with E-state index in [-0.39, 0.29) is 50.6 Å². The van der Waals surface area contributed by atoms with Crippen LogP contribution in [0.5, 0.6) is 0 Å². The average molecular weight is 731 g/mol. The van der Waals surface area contributed by atoms with Gasteiger partial charge >= 0.3 is 12.1 Å². The van der Waals surface area contributed by atoms with Gasteiger partial charge in [0.1, 0.15) is 11.1 Å². The van der Waals surface area contributed by atoms with Crippen LogP contribution in [0, 0.1) is 17.3 Å². The number of aliphatic carboxylic acids is 2. The van der Waals surface area contributed by atoms with Crippen molar-refractivity contribution in [2.75, 3.05) is 13.1 Å². The summed E-state index contributed by atoms with van der Waals surface area (Å²) in [6, 6.07) is -1.24. The molecule has 14 heteroatoms. The molecule has 0 saturated carbocycles. The molecule has 6 amide bonds. The highest BCUT2D eigenvalue weighted by molar-refractivity contribution is 6.08. The maximum Gasteiger partial charge on any atom is 0.325 e. The number of hydrogen-bond acceptors (Lipinski definition) is 10. The lowest BCUT2D eigenvalue weighted by Gasteiger charge is -2.56. The van der Waals surface area contributed by atoms with Crippen molar-refractivity contribution in [3.8, 4) is 0 Å². The van der Waals surface area contributed by atoms with E-state index in [1.807, 2.05) is 69.2 Å². The van der Waals surface area contributed by atoms with Gasteiger partial charge in [-0.3, -0.25) is 19.4 Å². The van der Waals surface area contributed by atoms with Crippen LogP contribution >= 0.6 is 0 Å². The zero-order chi connectivity index (χ0) is 39.3. The number of hydrogen-bond donors (Lipinski definition) is 4. The fourth-order valence-electron chi connectivity index (χ4n) is 9.95. The van der Waals surface area contributed by atoms with Crippen LogP contribution < -0.4 is 31.5 Å². The largest absolute Gasteiger partial charge is 0.550 e. The predicted octanol–water partition coefficient (Wildman–Crippen LogP) is 1.94. The zero-order valence-electron chi connectivity index (χ0n) is 33.0. The third-order valence-electron chi connectivity index (χ3n) is 14.4. The topological polar surface area (TPSA) is 203 Å². The molecule has 0 aromatic heterocycles. The Morgan fingerprint density at radius 2 is 1.08 bits per heavy atom. The van der Waals surface area contributed by atoms with E-state index < -0.39 is 80.9 Å². The van der Waals surface area contributed by atoms with Gasteiger partial charge < -0.3 is 41.1 Å². The molecule has 52 heavy (non-hydrogen) atoms. The van der Waals surface area contributed by atoms with Gasteiger partial charge in [0.15, 0.2) is 0 Å². The minimum atomic E-state index is -1.77. The number of carbonyl (C=O) groups is 6. The Bertz CT molecular complexity index is 1390. The number of carboxylic acids is 2. The highest BCUT2D eigenvalue weighted by atomic mass is 16.4. The number of carbonyl (C=O) groups excluding carboxylic acids is 6. The molecular weight excluding hydrogens is 668 g/mol. The first-order valence-electron chi connectivity index (χ1n) is 19.3. The Balaban J connectivity index is 1.62. The second kappa shape index (κ2) is 14.2. The van der Waals surface area contributed by atoms with Crippen LogP contribution in [-0.2, 0) is 19.2 Å². The normalized spacial score (nSPS) is 38.9. The number of nitrogens with zero attached hydrogens (tertiary/aromatic N) is 2. The maximum atomic E-state index is 14.4. The third kappa shape index (κ3) is 6.82. The molecule has 8 atom stereocenters. The van der Waals surface area contributed by atoms with Crippen molar-refractivity contribution in [1.29, 1.82) is 0 Å². The summed E-state index contributed by atoms with van der Waals surface area (Å²) < 4.78 is 0. The lowest BCUT2D eigenvalue weighted by atomic mass is 9.61. The molecule has 2 spiro atoms. The molecule has 14 nitrogen and oxygen atoms in total. The molecule has 0 bridgehead atoms. The van der Waals surface area contributed by atoms with Crippen molar-refractivity contribution >= 4 is 35.8 Å². The van der Waals surface area contributed by atoms with Gasteiger partial charge in [0.25, 0.3) is 11.8 Å². The van der Waals surface area contributed by atoms with Crippen molar-refractivity contribution in [2.24, 2.45) is 17.3 Å². The molecule has 0 radical (unpaired) electrons. The van der Waals surface area contributed by atoms with Gasteiger partial charge in [0.2, 0.25) is 0 Å². The molecule has 0 aromatic rings. The van der Waals surface area contributed by atoms with Crippen LogP contribution in [0.3, 0.4) is 0 Å². The number of nitrogens with one attached hydrogen (secondary N) is 4. The zero-order valence-corrected chi connectivity index (χ0v) is 33.0. The second-order valence-electron chi connectivity index (χ2n) is 17.4. The molecular formula is C38H62N6O8-2. The number of piperidine rings is 2. The molecule has 4 aliphatic rings. The summed E-state index contributed by atoms with van der Waals surface area (Å²) in [4.78, 5) is 82.6. The van der Waals surface area contributed by atoms with E-state index in [4.69, 9.17) is 0 Å². The number of imide groups is 2. The van der Waals surface area contributed by atoms with Crippen molar-refractivity contribution in [1.82, 2.24) is 31.1 Å². The van der Waals surface area contributed by atoms with Gasteiger partial charge in [0, 0.05) is 64.4 Å². The Morgan fingerprint density at radius 3 is 1.38 bits per heavy atom. The Kier molecular flexibility index (Phi) is 11.3. The SMILES string of the molecule is CCC1(C)CC2(NC(=O)N(CCC(CCCC(=O)[O-])(CCN3C(=O)NC4(CC(C)(CC)NC(C)(CC)C4C)C3=O)C(=O)[O-])C2=O)C(C)C(C)(CC)N1. The molecule has 4 rings (SSSR count). The molecule has 4 saturated heterocycles. The molecule has 0 aromatic carbocycles. The van der Waals surface area contributed by atoms with Gasteiger partial charge in [-0.05, 0) is 98.3 Å². The number of urea groups is 2. The smallest absolute Gasteiger partial charge is 0.325 e. The summed E-state index contributed by atoms with van der Waals surface area (Å²) in [5.41, 5.74) is -6.05. The molecule has 4 heterocycles. The molecule has 294 valence electrons. The molecule has 4 aliphatic heterocycles. The lowest BCUT2D eigenvalue weighted by Crippen LogP contribution is -2.74. The van der Waals surface area contributed by atoms with Crippen LogP contribution in [0.15, 0.2) is 0 Å². The predicted molar refractivity (Wildman–Crippen MR) is 190 cm³/mol. The van der Waals surface area contributed by atoms with Gasteiger partial charge in [-0.2, -0.15) is 0 Å². The molecule has 4 fully saturated rings. The first-order valence-corrected chi connectivity index (χ1v) is 19.3. The van der Waals surface area contributed by atoms with Gasteiger partial charge in [-0.15, -0.1) is 0 Å². The van der Waals surface area contributed by atoms with Crippen LogP contribution in [0.4, 0.5) is 9.59 Å². The Labute approximate surface area is 308 Å². The molecule has 8 unspecified atom stereocenters. The number of carboxylic acid groups (broad SMARTS) is 2. The summed E-state index contributed by atoms with van der Waals surface area (Å²) in [6.07, 6.45) is 2.34. The van der Waals surface area contributed by atoms with Gasteiger partial charge in [-0.1, -0.05) is 41.5 Å². The minimum Gasteiger partial charge on any atom is -0.550 e. The quantitative estimate of drug-likeness (QED) is 0.180. The van der Waals surface area contributed by atoms with E-state index in [1.54, 1.807) is 0 Å². The van der Waals surface area contributed by atoms with E-state index >= 15 is 0 Å². The summed E-state index contributed by atoms with van der Waals surface area (Å²) in [7, 11) is 0. The summed E-state index contributed by atoms with van der Waals surface area (Å²) in [5, 5.41) is 38.0. The Morgan fingerprint density at radius 1 is 0.692 bits per heavy atom. The second-order valence-corrected chi connectivity index (χ2v) is 17.4. The van der Waals surface area contributed by atoms with E-state index in [2.05, 4.69) is 21.3 Å². The summed E-state index contributed by atoms with van der Waals surface area (Å²) in [5.74, 6) is -4.31. The first kappa shape index (κ1) is 41.5. The molecule has 4 N–H and O–H groups in total. The van der Waals surface area contributed by atoms with Crippen molar-refractivity contribution in [3.63, 3.8) is 0 Å². The van der Waals surface area contributed by atoms with Crippen molar-refractivity contribution < 1.29 is 39.0 Å². The summed E-state index contributed by atoms with van der Waals surface area (Å²) >= 11 is 0.